The summed E-state index contributed by atoms with van der Waals surface area (Å²) in [6.45, 7) is 1.27. The maximum Gasteiger partial charge on any atom is 0.419 e. The summed E-state index contributed by atoms with van der Waals surface area (Å²) in [5, 5.41) is -0.370. The molecule has 0 saturated carbocycles. The van der Waals surface area contributed by atoms with Crippen LogP contribution in [0.2, 0.25) is 0 Å². The first-order chi connectivity index (χ1) is 14.8. The van der Waals surface area contributed by atoms with Crippen molar-refractivity contribution in [3.05, 3.63) is 58.3 Å². The van der Waals surface area contributed by atoms with Crippen molar-refractivity contribution in [2.45, 2.75) is 31.9 Å². The molecular formula is C20H16F5N3O3. The third-order valence-corrected chi connectivity index (χ3v) is 4.90. The van der Waals surface area contributed by atoms with Gasteiger partial charge >= 0.3 is 6.18 Å². The molecule has 0 bridgehead atoms. The number of ether oxygens (including phenoxy) is 2. The van der Waals surface area contributed by atoms with E-state index in [1.807, 2.05) is 0 Å². The van der Waals surface area contributed by atoms with E-state index < -0.39 is 45.7 Å². The topological polar surface area (TPSA) is 66.2 Å². The molecule has 0 radical (unpaired) electrons. The second-order valence-electron chi connectivity index (χ2n) is 6.94. The van der Waals surface area contributed by atoms with Crippen LogP contribution in [0.25, 0.3) is 22.2 Å². The minimum atomic E-state index is -4.66. The summed E-state index contributed by atoms with van der Waals surface area (Å²) in [5.41, 5.74) is -2.28. The summed E-state index contributed by atoms with van der Waals surface area (Å²) in [4.78, 5) is 19.7. The fourth-order valence-corrected chi connectivity index (χ4v) is 3.33. The van der Waals surface area contributed by atoms with E-state index in [9.17, 15) is 26.7 Å². The summed E-state index contributed by atoms with van der Waals surface area (Å²) < 4.78 is 79.3. The molecule has 1 saturated heterocycles. The van der Waals surface area contributed by atoms with Gasteiger partial charge in [0, 0.05) is 31.6 Å². The Hall–Kier alpha value is -2.92. The Morgan fingerprint density at radius 3 is 2.42 bits per heavy atom. The molecule has 164 valence electrons. The van der Waals surface area contributed by atoms with E-state index in [-0.39, 0.29) is 18.2 Å². The van der Waals surface area contributed by atoms with Crippen LogP contribution >= 0.6 is 0 Å². The molecule has 3 aromatic rings. The maximum atomic E-state index is 14.8. The number of aromatic nitrogens is 3. The highest BCUT2D eigenvalue weighted by Gasteiger charge is 2.31. The van der Waals surface area contributed by atoms with Crippen molar-refractivity contribution in [2.24, 2.45) is 0 Å². The molecule has 4 rings (SSSR count). The molecular weight excluding hydrogens is 425 g/mol. The second kappa shape index (κ2) is 8.31. The van der Waals surface area contributed by atoms with E-state index in [0.717, 1.165) is 6.07 Å². The number of alkyl halides is 3. The lowest BCUT2D eigenvalue weighted by Gasteiger charge is -2.12. The fraction of sp³-hybridized carbons (Fsp3) is 0.350. The molecule has 0 atom stereocenters. The smallest absolute Gasteiger partial charge is 0.350 e. The van der Waals surface area contributed by atoms with E-state index >= 15 is 0 Å². The van der Waals surface area contributed by atoms with Gasteiger partial charge in [0.05, 0.1) is 29.7 Å². The van der Waals surface area contributed by atoms with Crippen LogP contribution in [0.5, 0.6) is 0 Å². The zero-order valence-corrected chi connectivity index (χ0v) is 16.0. The molecule has 1 aromatic carbocycles. The lowest BCUT2D eigenvalue weighted by Crippen LogP contribution is -2.22. The zero-order chi connectivity index (χ0) is 22.2. The Bertz CT molecular complexity index is 1160. The van der Waals surface area contributed by atoms with Gasteiger partial charge in [-0.2, -0.15) is 13.2 Å². The van der Waals surface area contributed by atoms with Gasteiger partial charge in [-0.25, -0.2) is 18.7 Å². The summed E-state index contributed by atoms with van der Waals surface area (Å²) in [7, 11) is 0. The van der Waals surface area contributed by atoms with Gasteiger partial charge in [0.15, 0.2) is 23.7 Å². The largest absolute Gasteiger partial charge is 0.419 e. The van der Waals surface area contributed by atoms with Crippen LogP contribution in [0.4, 0.5) is 22.0 Å². The fourth-order valence-electron chi connectivity index (χ4n) is 3.33. The Balaban J connectivity index is 1.64. The molecule has 0 amide bonds. The second-order valence-corrected chi connectivity index (χ2v) is 6.94. The van der Waals surface area contributed by atoms with Gasteiger partial charge < -0.3 is 14.0 Å². The van der Waals surface area contributed by atoms with Gasteiger partial charge in [0.2, 0.25) is 0 Å². The number of nitrogens with zero attached hydrogens (tertiary/aromatic N) is 3. The quantitative estimate of drug-likeness (QED) is 0.562. The van der Waals surface area contributed by atoms with Gasteiger partial charge in [0.25, 0.3) is 5.56 Å². The summed E-state index contributed by atoms with van der Waals surface area (Å²) >= 11 is 0. The Kier molecular flexibility index (Phi) is 5.71. The zero-order valence-electron chi connectivity index (χ0n) is 16.0. The van der Waals surface area contributed by atoms with Crippen LogP contribution in [0.3, 0.4) is 0 Å². The van der Waals surface area contributed by atoms with Crippen LogP contribution in [0, 0.1) is 11.6 Å². The number of benzene rings is 1. The van der Waals surface area contributed by atoms with Gasteiger partial charge in [-0.3, -0.25) is 4.79 Å². The standard InChI is InChI=1S/C20H16F5N3O3/c21-16-13(18-26-9-12(10-27-18)20(23,24)25)8-11-3-5-28(19(29)15(11)17(16)22)4-1-2-14-30-6-7-31-14/h3,5,8-10,14H,1-2,4,6-7H2. The molecule has 11 heteroatoms. The van der Waals surface area contributed by atoms with Gasteiger partial charge in [-0.05, 0) is 23.9 Å². The first-order valence-electron chi connectivity index (χ1n) is 9.39. The predicted molar refractivity (Wildman–Crippen MR) is 99.1 cm³/mol. The highest BCUT2D eigenvalue weighted by molar-refractivity contribution is 5.86. The average Bonchev–Trinajstić information content (AvgIpc) is 3.25. The number of pyridine rings is 1. The van der Waals surface area contributed by atoms with Crippen LogP contribution in [-0.2, 0) is 22.2 Å². The van der Waals surface area contributed by atoms with Crippen molar-refractivity contribution in [1.29, 1.82) is 0 Å². The highest BCUT2D eigenvalue weighted by atomic mass is 19.4. The SMILES string of the molecule is O=c1c2c(F)c(F)c(-c3ncc(C(F)(F)F)cn3)cc2ccn1CCCC1OCCO1. The molecule has 31 heavy (non-hydrogen) atoms. The lowest BCUT2D eigenvalue weighted by molar-refractivity contribution is -0.138. The minimum absolute atomic E-state index is 0.0844. The number of fused-ring (bicyclic) bond motifs is 1. The van der Waals surface area contributed by atoms with Crippen LogP contribution in [0.1, 0.15) is 18.4 Å². The molecule has 1 aliphatic heterocycles. The lowest BCUT2D eigenvalue weighted by atomic mass is 10.1. The van der Waals surface area contributed by atoms with E-state index in [4.69, 9.17) is 9.47 Å². The van der Waals surface area contributed by atoms with Crippen LogP contribution in [-0.4, -0.2) is 34.0 Å². The molecule has 0 aliphatic carbocycles. The Morgan fingerprint density at radius 2 is 1.77 bits per heavy atom. The Morgan fingerprint density at radius 1 is 1.10 bits per heavy atom. The third kappa shape index (κ3) is 4.28. The van der Waals surface area contributed by atoms with Gasteiger partial charge in [-0.15, -0.1) is 0 Å². The van der Waals surface area contributed by atoms with Crippen LogP contribution < -0.4 is 5.56 Å². The molecule has 6 nitrogen and oxygen atoms in total. The van der Waals surface area contributed by atoms with Gasteiger partial charge in [0.1, 0.15) is 0 Å². The molecule has 2 aromatic heterocycles. The highest BCUT2D eigenvalue weighted by Crippen LogP contribution is 2.31. The molecule has 3 heterocycles. The molecule has 0 unspecified atom stereocenters. The number of halogens is 5. The normalized spacial score (nSPS) is 15.1. The number of rotatable bonds is 5. The predicted octanol–water partition coefficient (Wildman–Crippen LogP) is 3.91. The van der Waals surface area contributed by atoms with E-state index in [1.54, 1.807) is 0 Å². The molecule has 1 aliphatic rings. The minimum Gasteiger partial charge on any atom is -0.350 e. The molecule has 1 fully saturated rings. The first kappa shape index (κ1) is 21.3. The Labute approximate surface area is 172 Å². The van der Waals surface area contributed by atoms with E-state index in [1.165, 1.54) is 16.8 Å². The first-order valence-corrected chi connectivity index (χ1v) is 9.39. The van der Waals surface area contributed by atoms with E-state index in [0.29, 0.717) is 38.4 Å². The van der Waals surface area contributed by atoms with Crippen molar-refractivity contribution in [2.75, 3.05) is 13.2 Å². The van der Waals surface area contributed by atoms with Crippen LogP contribution in [0.15, 0.2) is 35.5 Å². The van der Waals surface area contributed by atoms with Crippen molar-refractivity contribution < 1.29 is 31.4 Å². The monoisotopic (exact) mass is 441 g/mol. The van der Waals surface area contributed by atoms with E-state index in [2.05, 4.69) is 9.97 Å². The number of aryl methyl sites for hydroxylation is 1. The summed E-state index contributed by atoms with van der Waals surface area (Å²) in [5.74, 6) is -3.24. The van der Waals surface area contributed by atoms with Gasteiger partial charge in [-0.1, -0.05) is 0 Å². The van der Waals surface area contributed by atoms with Crippen molar-refractivity contribution >= 4 is 10.8 Å². The summed E-state index contributed by atoms with van der Waals surface area (Å²) in [6, 6.07) is 2.57. The van der Waals surface area contributed by atoms with Crippen molar-refractivity contribution in [3.8, 4) is 11.4 Å². The maximum absolute atomic E-state index is 14.8. The number of hydrogen-bond donors (Lipinski definition) is 0. The molecule has 0 N–H and O–H groups in total. The molecule has 0 spiro atoms. The summed E-state index contributed by atoms with van der Waals surface area (Å²) in [6.07, 6.45) is -1.51. The number of hydrogen-bond acceptors (Lipinski definition) is 5. The third-order valence-electron chi connectivity index (χ3n) is 4.90. The van der Waals surface area contributed by atoms with Crippen molar-refractivity contribution in [3.63, 3.8) is 0 Å². The average molecular weight is 441 g/mol. The van der Waals surface area contributed by atoms with Crippen molar-refractivity contribution in [1.82, 2.24) is 14.5 Å².